The van der Waals surface area contributed by atoms with Gasteiger partial charge in [-0.15, -0.1) is 11.3 Å². The van der Waals surface area contributed by atoms with Gasteiger partial charge in [-0.05, 0) is 12.1 Å². The standard InChI is InChI=1S/C8H6N2O2S/c9-7-4-3-6(8(11)12)13-5(4)1-2-10-7/h1-3H,(H2,9,10)(H,11,12). The highest BCUT2D eigenvalue weighted by atomic mass is 32.1. The molecule has 4 nitrogen and oxygen atoms in total. The van der Waals surface area contributed by atoms with Gasteiger partial charge in [0, 0.05) is 16.3 Å². The highest BCUT2D eigenvalue weighted by Crippen LogP contribution is 2.28. The summed E-state index contributed by atoms with van der Waals surface area (Å²) in [6.45, 7) is 0. The van der Waals surface area contributed by atoms with Gasteiger partial charge in [-0.25, -0.2) is 9.78 Å². The Kier molecular flexibility index (Phi) is 1.66. The normalized spacial score (nSPS) is 10.5. The maximum absolute atomic E-state index is 10.6. The van der Waals surface area contributed by atoms with Crippen LogP contribution in [0.3, 0.4) is 0 Å². The molecule has 0 saturated heterocycles. The van der Waals surface area contributed by atoms with Crippen molar-refractivity contribution in [2.45, 2.75) is 0 Å². The summed E-state index contributed by atoms with van der Waals surface area (Å²) in [7, 11) is 0. The van der Waals surface area contributed by atoms with Crippen LogP contribution in [0.15, 0.2) is 18.3 Å². The molecule has 0 atom stereocenters. The minimum Gasteiger partial charge on any atom is -0.477 e. The Morgan fingerprint density at radius 3 is 3.00 bits per heavy atom. The van der Waals surface area contributed by atoms with Crippen molar-refractivity contribution < 1.29 is 9.90 Å². The third-order valence-electron chi connectivity index (χ3n) is 1.69. The second-order valence-corrected chi connectivity index (χ2v) is 3.61. The number of carboxylic acid groups (broad SMARTS) is 1. The molecule has 13 heavy (non-hydrogen) atoms. The van der Waals surface area contributed by atoms with Crippen LogP contribution in [0.5, 0.6) is 0 Å². The highest BCUT2D eigenvalue weighted by Gasteiger charge is 2.09. The largest absolute Gasteiger partial charge is 0.477 e. The lowest BCUT2D eigenvalue weighted by Gasteiger charge is -1.90. The summed E-state index contributed by atoms with van der Waals surface area (Å²) in [6, 6.07) is 3.30. The topological polar surface area (TPSA) is 76.2 Å². The third kappa shape index (κ3) is 1.23. The molecular weight excluding hydrogens is 188 g/mol. The van der Waals surface area contributed by atoms with Gasteiger partial charge in [0.2, 0.25) is 0 Å². The smallest absolute Gasteiger partial charge is 0.345 e. The zero-order valence-electron chi connectivity index (χ0n) is 6.52. The van der Waals surface area contributed by atoms with Crippen molar-refractivity contribution >= 4 is 33.2 Å². The molecule has 0 aliphatic heterocycles. The number of carbonyl (C=O) groups is 1. The Labute approximate surface area is 77.6 Å². The number of rotatable bonds is 1. The number of nitrogen functional groups attached to an aromatic ring is 1. The predicted molar refractivity (Wildman–Crippen MR) is 51.0 cm³/mol. The van der Waals surface area contributed by atoms with Crippen LogP contribution in [0, 0.1) is 0 Å². The molecule has 0 radical (unpaired) electrons. The Bertz CT molecular complexity index is 478. The fraction of sp³-hybridized carbons (Fsp3) is 0. The van der Waals surface area contributed by atoms with E-state index in [1.807, 2.05) is 0 Å². The maximum Gasteiger partial charge on any atom is 0.345 e. The quantitative estimate of drug-likeness (QED) is 0.722. The summed E-state index contributed by atoms with van der Waals surface area (Å²) in [5.74, 6) is -0.554. The molecule has 0 amide bonds. The molecule has 0 aromatic carbocycles. The number of carboxylic acids is 1. The van der Waals surface area contributed by atoms with Gasteiger partial charge >= 0.3 is 5.97 Å². The van der Waals surface area contributed by atoms with Crippen LogP contribution in [0.1, 0.15) is 9.67 Å². The molecule has 0 aliphatic carbocycles. The van der Waals surface area contributed by atoms with E-state index >= 15 is 0 Å². The van der Waals surface area contributed by atoms with Gasteiger partial charge in [-0.2, -0.15) is 0 Å². The van der Waals surface area contributed by atoms with E-state index in [0.717, 1.165) is 4.70 Å². The van der Waals surface area contributed by atoms with Crippen molar-refractivity contribution in [2.24, 2.45) is 0 Å². The molecule has 0 aliphatic rings. The summed E-state index contributed by atoms with van der Waals surface area (Å²) in [5.41, 5.74) is 5.57. The first-order chi connectivity index (χ1) is 6.18. The number of hydrogen-bond acceptors (Lipinski definition) is 4. The number of thiophene rings is 1. The first-order valence-electron chi connectivity index (χ1n) is 3.56. The molecule has 0 bridgehead atoms. The number of aromatic nitrogens is 1. The number of nitrogens with two attached hydrogens (primary N) is 1. The molecule has 5 heteroatoms. The van der Waals surface area contributed by atoms with Crippen LogP contribution >= 0.6 is 11.3 Å². The molecule has 3 N–H and O–H groups in total. The molecule has 0 fully saturated rings. The van der Waals surface area contributed by atoms with E-state index in [4.69, 9.17) is 10.8 Å². The molecule has 2 rings (SSSR count). The third-order valence-corrected chi connectivity index (χ3v) is 2.78. The van der Waals surface area contributed by atoms with E-state index in [-0.39, 0.29) is 4.88 Å². The van der Waals surface area contributed by atoms with Gasteiger partial charge in [-0.3, -0.25) is 0 Å². The minimum atomic E-state index is -0.930. The van der Waals surface area contributed by atoms with Gasteiger partial charge in [0.25, 0.3) is 0 Å². The van der Waals surface area contributed by atoms with Gasteiger partial charge in [-0.1, -0.05) is 0 Å². The lowest BCUT2D eigenvalue weighted by atomic mass is 10.3. The van der Waals surface area contributed by atoms with E-state index in [0.29, 0.717) is 11.2 Å². The average Bonchev–Trinajstić information content (AvgIpc) is 2.49. The first kappa shape index (κ1) is 8.00. The zero-order chi connectivity index (χ0) is 9.42. The van der Waals surface area contributed by atoms with Crippen molar-refractivity contribution in [1.29, 1.82) is 0 Å². The summed E-state index contributed by atoms with van der Waals surface area (Å²) >= 11 is 1.20. The molecule has 2 heterocycles. The van der Waals surface area contributed by atoms with Gasteiger partial charge in [0.05, 0.1) is 0 Å². The number of pyridine rings is 1. The Morgan fingerprint density at radius 1 is 1.62 bits per heavy atom. The van der Waals surface area contributed by atoms with Gasteiger partial charge < -0.3 is 10.8 Å². The monoisotopic (exact) mass is 194 g/mol. The summed E-state index contributed by atoms with van der Waals surface area (Å²) in [6.07, 6.45) is 1.57. The van der Waals surface area contributed by atoms with Crippen LogP contribution < -0.4 is 5.73 Å². The number of anilines is 1. The van der Waals surface area contributed by atoms with Crippen LogP contribution in [0.4, 0.5) is 5.82 Å². The number of nitrogens with zero attached hydrogens (tertiary/aromatic N) is 1. The number of hydrogen-bond donors (Lipinski definition) is 2. The highest BCUT2D eigenvalue weighted by molar-refractivity contribution is 7.20. The van der Waals surface area contributed by atoms with Crippen LogP contribution in [0.2, 0.25) is 0 Å². The number of fused-ring (bicyclic) bond motifs is 1. The summed E-state index contributed by atoms with van der Waals surface area (Å²) < 4.78 is 0.852. The van der Waals surface area contributed by atoms with E-state index < -0.39 is 5.97 Å². The van der Waals surface area contributed by atoms with E-state index in [2.05, 4.69) is 4.98 Å². The maximum atomic E-state index is 10.6. The van der Waals surface area contributed by atoms with Crippen LogP contribution in [-0.2, 0) is 0 Å². The summed E-state index contributed by atoms with van der Waals surface area (Å²) in [4.78, 5) is 14.8. The molecule has 0 spiro atoms. The summed E-state index contributed by atoms with van der Waals surface area (Å²) in [5, 5.41) is 9.44. The van der Waals surface area contributed by atoms with Crippen molar-refractivity contribution in [3.05, 3.63) is 23.2 Å². The fourth-order valence-corrected chi connectivity index (χ4v) is 1.99. The SMILES string of the molecule is Nc1nccc2sc(C(=O)O)cc12. The fourth-order valence-electron chi connectivity index (χ4n) is 1.09. The minimum absolute atomic E-state index is 0.287. The molecule has 2 aromatic rings. The van der Waals surface area contributed by atoms with Gasteiger partial charge in [0.1, 0.15) is 10.7 Å². The number of aromatic carboxylic acids is 1. The second-order valence-electron chi connectivity index (χ2n) is 2.52. The Hall–Kier alpha value is -1.62. The van der Waals surface area contributed by atoms with Crippen molar-refractivity contribution in [3.8, 4) is 0 Å². The molecule has 2 aromatic heterocycles. The Balaban J connectivity index is 2.75. The molecule has 0 unspecified atom stereocenters. The van der Waals surface area contributed by atoms with Crippen molar-refractivity contribution in [1.82, 2.24) is 4.98 Å². The molecular formula is C8H6N2O2S. The lowest BCUT2D eigenvalue weighted by molar-refractivity contribution is 0.0702. The first-order valence-corrected chi connectivity index (χ1v) is 4.37. The zero-order valence-corrected chi connectivity index (χ0v) is 7.34. The van der Waals surface area contributed by atoms with Crippen molar-refractivity contribution in [3.63, 3.8) is 0 Å². The van der Waals surface area contributed by atoms with Gasteiger partial charge in [0.15, 0.2) is 0 Å². The molecule has 66 valence electrons. The van der Waals surface area contributed by atoms with E-state index in [1.165, 1.54) is 11.3 Å². The average molecular weight is 194 g/mol. The van der Waals surface area contributed by atoms with E-state index in [1.54, 1.807) is 18.3 Å². The van der Waals surface area contributed by atoms with Crippen LogP contribution in [0.25, 0.3) is 10.1 Å². The van der Waals surface area contributed by atoms with Crippen molar-refractivity contribution in [2.75, 3.05) is 5.73 Å². The lowest BCUT2D eigenvalue weighted by Crippen LogP contribution is -1.90. The predicted octanol–water partition coefficient (Wildman–Crippen LogP) is 1.58. The Morgan fingerprint density at radius 2 is 2.38 bits per heavy atom. The second kappa shape index (κ2) is 2.70. The molecule has 0 saturated carbocycles. The van der Waals surface area contributed by atoms with Crippen LogP contribution in [-0.4, -0.2) is 16.1 Å². The van der Waals surface area contributed by atoms with E-state index in [9.17, 15) is 4.79 Å².